The number of benzene rings is 1. The SMILES string of the molecule is O=C(O)CN(CC(=O)O)[C@H](Cc1ccccc1)CN(CC(=O)O)[C@@H]1CCCC[C@@H]1N(CC(=O)O)CC(=O)O. The second-order valence-electron chi connectivity index (χ2n) is 9.47. The largest absolute Gasteiger partial charge is 0.480 e. The van der Waals surface area contributed by atoms with Crippen LogP contribution in [0.15, 0.2) is 30.3 Å². The maximum atomic E-state index is 11.9. The van der Waals surface area contributed by atoms with Crippen LogP contribution in [0, 0.1) is 0 Å². The van der Waals surface area contributed by atoms with Gasteiger partial charge in [-0.25, -0.2) is 0 Å². The van der Waals surface area contributed by atoms with Crippen molar-refractivity contribution in [2.24, 2.45) is 0 Å². The Balaban J connectivity index is 2.47. The van der Waals surface area contributed by atoms with Crippen molar-refractivity contribution < 1.29 is 49.5 Å². The van der Waals surface area contributed by atoms with Crippen molar-refractivity contribution in [2.75, 3.05) is 39.3 Å². The van der Waals surface area contributed by atoms with Gasteiger partial charge >= 0.3 is 29.8 Å². The van der Waals surface area contributed by atoms with Gasteiger partial charge in [0.25, 0.3) is 0 Å². The second kappa shape index (κ2) is 15.0. The van der Waals surface area contributed by atoms with Gasteiger partial charge in [0.2, 0.25) is 0 Å². The number of carboxylic acid groups (broad SMARTS) is 5. The molecule has 1 saturated carbocycles. The lowest BCUT2D eigenvalue weighted by Gasteiger charge is -2.45. The van der Waals surface area contributed by atoms with Gasteiger partial charge in [0, 0.05) is 24.7 Å². The summed E-state index contributed by atoms with van der Waals surface area (Å²) in [7, 11) is 0. The van der Waals surface area contributed by atoms with E-state index in [9.17, 15) is 49.5 Å². The first-order valence-corrected chi connectivity index (χ1v) is 12.3. The van der Waals surface area contributed by atoms with Crippen LogP contribution in [0.4, 0.5) is 0 Å². The predicted octanol–water partition coefficient (Wildman–Crippen LogP) is 0.238. The quantitative estimate of drug-likeness (QED) is 0.181. The normalized spacial score (nSPS) is 18.4. The second-order valence-corrected chi connectivity index (χ2v) is 9.47. The summed E-state index contributed by atoms with van der Waals surface area (Å²) < 4.78 is 0. The van der Waals surface area contributed by atoms with E-state index in [1.54, 1.807) is 35.2 Å². The van der Waals surface area contributed by atoms with E-state index < -0.39 is 80.7 Å². The van der Waals surface area contributed by atoms with Gasteiger partial charge in [-0.3, -0.25) is 38.7 Å². The molecule has 210 valence electrons. The molecule has 1 aliphatic rings. The van der Waals surface area contributed by atoms with Crippen molar-refractivity contribution in [1.29, 1.82) is 0 Å². The molecular weight excluding hydrogens is 502 g/mol. The van der Waals surface area contributed by atoms with E-state index in [1.807, 2.05) is 0 Å². The van der Waals surface area contributed by atoms with Crippen LogP contribution in [-0.4, -0.2) is 127 Å². The highest BCUT2D eigenvalue weighted by Gasteiger charge is 2.38. The molecule has 5 N–H and O–H groups in total. The molecule has 0 aliphatic heterocycles. The Bertz CT molecular complexity index is 941. The van der Waals surface area contributed by atoms with Crippen LogP contribution < -0.4 is 0 Å². The monoisotopic (exact) mass is 537 g/mol. The molecule has 3 atom stereocenters. The molecule has 1 fully saturated rings. The van der Waals surface area contributed by atoms with E-state index in [4.69, 9.17) is 0 Å². The summed E-state index contributed by atoms with van der Waals surface area (Å²) in [6.07, 6.45) is 2.59. The highest BCUT2D eigenvalue weighted by atomic mass is 16.4. The molecule has 0 radical (unpaired) electrons. The molecule has 0 aromatic heterocycles. The molecular formula is C25H35N3O10. The molecule has 13 nitrogen and oxygen atoms in total. The van der Waals surface area contributed by atoms with Crippen LogP contribution in [0.2, 0.25) is 0 Å². The van der Waals surface area contributed by atoms with Crippen molar-refractivity contribution in [3.8, 4) is 0 Å². The van der Waals surface area contributed by atoms with Gasteiger partial charge in [-0.15, -0.1) is 0 Å². The minimum atomic E-state index is -1.24. The Labute approximate surface area is 219 Å². The van der Waals surface area contributed by atoms with Crippen molar-refractivity contribution in [3.63, 3.8) is 0 Å². The number of nitrogens with zero attached hydrogens (tertiary/aromatic N) is 3. The van der Waals surface area contributed by atoms with Crippen molar-refractivity contribution in [2.45, 2.75) is 50.2 Å². The van der Waals surface area contributed by atoms with Crippen LogP contribution in [0.5, 0.6) is 0 Å². The minimum Gasteiger partial charge on any atom is -0.480 e. The third-order valence-electron chi connectivity index (χ3n) is 6.60. The van der Waals surface area contributed by atoms with Gasteiger partial charge in [0.1, 0.15) is 0 Å². The van der Waals surface area contributed by atoms with Gasteiger partial charge in [-0.1, -0.05) is 43.2 Å². The number of rotatable bonds is 17. The third-order valence-corrected chi connectivity index (χ3v) is 6.60. The summed E-state index contributed by atoms with van der Waals surface area (Å²) in [6, 6.07) is 7.17. The predicted molar refractivity (Wildman–Crippen MR) is 133 cm³/mol. The molecule has 13 heteroatoms. The minimum absolute atomic E-state index is 0.0170. The highest BCUT2D eigenvalue weighted by Crippen LogP contribution is 2.28. The molecule has 0 heterocycles. The van der Waals surface area contributed by atoms with E-state index in [1.165, 1.54) is 9.80 Å². The lowest BCUT2D eigenvalue weighted by atomic mass is 9.87. The molecule has 0 unspecified atom stereocenters. The zero-order valence-electron chi connectivity index (χ0n) is 21.0. The summed E-state index contributed by atoms with van der Waals surface area (Å²) in [4.78, 5) is 62.3. The van der Waals surface area contributed by atoms with E-state index in [0.717, 1.165) is 5.56 Å². The van der Waals surface area contributed by atoms with Gasteiger partial charge in [-0.05, 0) is 24.8 Å². The summed E-state index contributed by atoms with van der Waals surface area (Å²) in [6.45, 7) is -2.71. The fourth-order valence-electron chi connectivity index (χ4n) is 5.20. The van der Waals surface area contributed by atoms with Crippen molar-refractivity contribution >= 4 is 29.8 Å². The molecule has 0 amide bonds. The maximum absolute atomic E-state index is 11.9. The molecule has 0 spiro atoms. The number of carbonyl (C=O) groups is 5. The third kappa shape index (κ3) is 10.4. The molecule has 1 aromatic carbocycles. The summed E-state index contributed by atoms with van der Waals surface area (Å²) in [5.41, 5.74) is 0.798. The zero-order valence-corrected chi connectivity index (χ0v) is 21.0. The van der Waals surface area contributed by atoms with Crippen LogP contribution in [0.25, 0.3) is 0 Å². The first-order valence-electron chi connectivity index (χ1n) is 12.3. The van der Waals surface area contributed by atoms with Crippen LogP contribution in [0.3, 0.4) is 0 Å². The zero-order chi connectivity index (χ0) is 28.2. The highest BCUT2D eigenvalue weighted by molar-refractivity contribution is 5.73. The van der Waals surface area contributed by atoms with E-state index in [-0.39, 0.29) is 13.0 Å². The number of hydrogen-bond acceptors (Lipinski definition) is 8. The first kappa shape index (κ1) is 30.7. The molecule has 0 bridgehead atoms. The van der Waals surface area contributed by atoms with Crippen LogP contribution >= 0.6 is 0 Å². The smallest absolute Gasteiger partial charge is 0.317 e. The Morgan fingerprint density at radius 1 is 0.658 bits per heavy atom. The van der Waals surface area contributed by atoms with Crippen LogP contribution in [-0.2, 0) is 30.4 Å². The average Bonchev–Trinajstić information content (AvgIpc) is 2.81. The summed E-state index contributed by atoms with van der Waals surface area (Å²) >= 11 is 0. The topological polar surface area (TPSA) is 196 Å². The first-order chi connectivity index (χ1) is 18.0. The Hall–Kier alpha value is -3.55. The van der Waals surface area contributed by atoms with Crippen LogP contribution in [0.1, 0.15) is 31.2 Å². The molecule has 1 aromatic rings. The van der Waals surface area contributed by atoms with Gasteiger partial charge in [0.05, 0.1) is 32.7 Å². The molecule has 0 saturated heterocycles. The Morgan fingerprint density at radius 3 is 1.53 bits per heavy atom. The van der Waals surface area contributed by atoms with E-state index in [0.29, 0.717) is 25.7 Å². The van der Waals surface area contributed by atoms with E-state index >= 15 is 0 Å². The lowest BCUT2D eigenvalue weighted by molar-refractivity contribution is -0.146. The van der Waals surface area contributed by atoms with Gasteiger partial charge in [0.15, 0.2) is 0 Å². The molecule has 2 rings (SSSR count). The van der Waals surface area contributed by atoms with Crippen molar-refractivity contribution in [1.82, 2.24) is 14.7 Å². The van der Waals surface area contributed by atoms with Gasteiger partial charge < -0.3 is 25.5 Å². The summed E-state index contributed by atoms with van der Waals surface area (Å²) in [5, 5.41) is 47.4. The lowest BCUT2D eigenvalue weighted by Crippen LogP contribution is -2.59. The summed E-state index contributed by atoms with van der Waals surface area (Å²) in [5.74, 6) is -6.07. The number of aliphatic carboxylic acids is 5. The number of carboxylic acids is 5. The maximum Gasteiger partial charge on any atom is 0.317 e. The standard InChI is InChI=1S/C25H35N3O10/c29-21(30)12-26(13-22(31)32)18(10-17-6-2-1-3-7-17)11-27(14-23(33)34)19-8-4-5-9-20(19)28(15-24(35)36)16-25(37)38/h1-3,6-7,18-20H,4-5,8-16H2,(H,29,30)(H,31,32)(H,33,34)(H,35,36)(H,37,38)/t18-,19-,20+/m1/s1. The Morgan fingerprint density at radius 2 is 1.08 bits per heavy atom. The molecule has 1 aliphatic carbocycles. The fraction of sp³-hybridized carbons (Fsp3) is 0.560. The Kier molecular flexibility index (Phi) is 12.1. The molecule has 38 heavy (non-hydrogen) atoms. The number of hydrogen-bond donors (Lipinski definition) is 5. The average molecular weight is 538 g/mol. The fourth-order valence-corrected chi connectivity index (χ4v) is 5.20. The van der Waals surface area contributed by atoms with Crippen molar-refractivity contribution in [3.05, 3.63) is 35.9 Å². The van der Waals surface area contributed by atoms with E-state index in [2.05, 4.69) is 0 Å². The van der Waals surface area contributed by atoms with Gasteiger partial charge in [-0.2, -0.15) is 0 Å².